The summed E-state index contributed by atoms with van der Waals surface area (Å²) in [7, 11) is 2.79. The van der Waals surface area contributed by atoms with Gasteiger partial charge in [-0.1, -0.05) is 13.3 Å². The minimum absolute atomic E-state index is 0.101. The maximum Gasteiger partial charge on any atom is 0.287 e. The van der Waals surface area contributed by atoms with Crippen LogP contribution in [0.15, 0.2) is 20.0 Å². The van der Waals surface area contributed by atoms with E-state index >= 15 is 0 Å². The minimum Gasteiger partial charge on any atom is -0.443 e. The van der Waals surface area contributed by atoms with Gasteiger partial charge < -0.3 is 14.5 Å². The topological polar surface area (TPSA) is 85.6 Å². The number of methoxy groups -OCH3 is 1. The van der Waals surface area contributed by atoms with E-state index in [1.54, 1.807) is 0 Å². The van der Waals surface area contributed by atoms with E-state index in [0.29, 0.717) is 6.61 Å². The molecule has 114 valence electrons. The molecule has 0 spiro atoms. The van der Waals surface area contributed by atoms with Crippen LogP contribution in [0.4, 0.5) is 0 Å². The van der Waals surface area contributed by atoms with Gasteiger partial charge in [0.1, 0.15) is 4.90 Å². The third-order valence-corrected chi connectivity index (χ3v) is 4.66. The van der Waals surface area contributed by atoms with E-state index < -0.39 is 15.0 Å². The van der Waals surface area contributed by atoms with Gasteiger partial charge in [0.2, 0.25) is 0 Å². The molecule has 0 aromatic carbocycles. The van der Waals surface area contributed by atoms with Crippen molar-refractivity contribution in [3.05, 3.63) is 16.5 Å². The van der Waals surface area contributed by atoms with Crippen molar-refractivity contribution in [2.75, 3.05) is 13.7 Å². The Labute approximate surface area is 130 Å². The van der Waals surface area contributed by atoms with Gasteiger partial charge in [0.15, 0.2) is 10.4 Å². The van der Waals surface area contributed by atoms with Crippen molar-refractivity contribution in [2.24, 2.45) is 0 Å². The van der Waals surface area contributed by atoms with Crippen LogP contribution < -0.4 is 5.32 Å². The summed E-state index contributed by atoms with van der Waals surface area (Å²) < 4.78 is 32.4. The molecular formula is C11H15BrClNO5S. The van der Waals surface area contributed by atoms with E-state index in [2.05, 4.69) is 21.2 Å². The summed E-state index contributed by atoms with van der Waals surface area (Å²) >= 11 is 2.91. The summed E-state index contributed by atoms with van der Waals surface area (Å²) in [5.41, 5.74) is 0. The molecule has 0 bridgehead atoms. The van der Waals surface area contributed by atoms with Crippen LogP contribution in [0.25, 0.3) is 0 Å². The van der Waals surface area contributed by atoms with E-state index in [-0.39, 0.29) is 21.4 Å². The lowest BCUT2D eigenvalue weighted by Gasteiger charge is -2.16. The number of carbonyl (C=O) groups excluding carboxylic acids is 1. The number of furan rings is 1. The van der Waals surface area contributed by atoms with E-state index in [1.807, 2.05) is 6.92 Å². The van der Waals surface area contributed by atoms with Gasteiger partial charge in [-0.15, -0.1) is 0 Å². The smallest absolute Gasteiger partial charge is 0.287 e. The summed E-state index contributed by atoms with van der Waals surface area (Å²) in [6.45, 7) is 2.35. The average Bonchev–Trinajstić information content (AvgIpc) is 2.72. The van der Waals surface area contributed by atoms with Crippen LogP contribution in [0.3, 0.4) is 0 Å². The molecule has 0 radical (unpaired) electrons. The highest BCUT2D eigenvalue weighted by Gasteiger charge is 2.24. The van der Waals surface area contributed by atoms with E-state index in [1.165, 1.54) is 7.11 Å². The van der Waals surface area contributed by atoms with Gasteiger partial charge in [-0.05, 0) is 22.4 Å². The second-order valence-corrected chi connectivity index (χ2v) is 7.36. The van der Waals surface area contributed by atoms with Gasteiger partial charge in [0, 0.05) is 23.9 Å². The van der Waals surface area contributed by atoms with Crippen molar-refractivity contribution in [3.63, 3.8) is 0 Å². The number of hydrogen-bond donors (Lipinski definition) is 1. The molecule has 0 aliphatic heterocycles. The zero-order chi connectivity index (χ0) is 15.3. The summed E-state index contributed by atoms with van der Waals surface area (Å²) in [5.74, 6) is -0.652. The van der Waals surface area contributed by atoms with Crippen LogP contribution >= 0.6 is 26.6 Å². The number of ether oxygens (including phenoxy) is 1. The Hall–Kier alpha value is -0.570. The fraction of sp³-hybridized carbons (Fsp3) is 0.545. The van der Waals surface area contributed by atoms with Crippen molar-refractivity contribution in [3.8, 4) is 0 Å². The highest BCUT2D eigenvalue weighted by Crippen LogP contribution is 2.28. The first-order valence-electron chi connectivity index (χ1n) is 5.83. The first kappa shape index (κ1) is 17.5. The molecule has 1 atom stereocenters. The molecule has 1 aromatic rings. The SMILES string of the molecule is CCCC(COC)NC(=O)c1cc(S(=O)(=O)Cl)c(Br)o1. The number of rotatable bonds is 7. The van der Waals surface area contributed by atoms with E-state index in [0.717, 1.165) is 18.9 Å². The number of hydrogen-bond acceptors (Lipinski definition) is 5. The van der Waals surface area contributed by atoms with Crippen LogP contribution in [-0.2, 0) is 13.8 Å². The fourth-order valence-electron chi connectivity index (χ4n) is 1.63. The molecule has 9 heteroatoms. The summed E-state index contributed by atoms with van der Waals surface area (Å²) in [6.07, 6.45) is 1.61. The largest absolute Gasteiger partial charge is 0.443 e. The lowest BCUT2D eigenvalue weighted by atomic mass is 10.2. The van der Waals surface area contributed by atoms with Crippen LogP contribution in [0.5, 0.6) is 0 Å². The average molecular weight is 389 g/mol. The third kappa shape index (κ3) is 4.76. The molecule has 1 N–H and O–H groups in total. The number of nitrogens with one attached hydrogen (secondary N) is 1. The van der Waals surface area contributed by atoms with Gasteiger partial charge in [-0.3, -0.25) is 4.79 Å². The summed E-state index contributed by atoms with van der Waals surface area (Å²) in [4.78, 5) is 11.7. The molecular weight excluding hydrogens is 374 g/mol. The highest BCUT2D eigenvalue weighted by molar-refractivity contribution is 9.10. The molecule has 6 nitrogen and oxygen atoms in total. The van der Waals surface area contributed by atoms with Crippen molar-refractivity contribution in [1.29, 1.82) is 0 Å². The molecule has 1 unspecified atom stereocenters. The fourth-order valence-corrected chi connectivity index (χ4v) is 3.67. The maximum absolute atomic E-state index is 12.0. The van der Waals surface area contributed by atoms with Gasteiger partial charge >= 0.3 is 0 Å². The highest BCUT2D eigenvalue weighted by atomic mass is 79.9. The predicted molar refractivity (Wildman–Crippen MR) is 77.5 cm³/mol. The van der Waals surface area contributed by atoms with Crippen molar-refractivity contribution in [2.45, 2.75) is 30.7 Å². The maximum atomic E-state index is 12.0. The van der Waals surface area contributed by atoms with Gasteiger partial charge in [0.25, 0.3) is 15.0 Å². The third-order valence-electron chi connectivity index (χ3n) is 2.48. The van der Waals surface area contributed by atoms with Gasteiger partial charge in [-0.2, -0.15) is 0 Å². The van der Waals surface area contributed by atoms with Crippen LogP contribution in [0.2, 0.25) is 0 Å². The second-order valence-electron chi connectivity index (χ2n) is 4.10. The van der Waals surface area contributed by atoms with Gasteiger partial charge in [0.05, 0.1) is 12.6 Å². The Balaban J connectivity index is 2.87. The Bertz CT molecular complexity index is 565. The van der Waals surface area contributed by atoms with Crippen LogP contribution in [-0.4, -0.2) is 34.1 Å². The van der Waals surface area contributed by atoms with E-state index in [4.69, 9.17) is 19.8 Å². The quantitative estimate of drug-likeness (QED) is 0.725. The molecule has 1 aromatic heterocycles. The number of carbonyl (C=O) groups is 1. The number of amides is 1. The molecule has 0 aliphatic carbocycles. The van der Waals surface area contributed by atoms with Crippen LogP contribution in [0, 0.1) is 0 Å². The summed E-state index contributed by atoms with van der Waals surface area (Å²) in [6, 6.07) is 0.912. The minimum atomic E-state index is -3.97. The van der Waals surface area contributed by atoms with E-state index in [9.17, 15) is 13.2 Å². The first-order chi connectivity index (χ1) is 9.29. The number of halogens is 2. The molecule has 20 heavy (non-hydrogen) atoms. The molecule has 0 fully saturated rings. The molecule has 0 saturated heterocycles. The standard InChI is InChI=1S/C11H15BrClNO5S/c1-3-4-7(6-18-2)14-11(15)8-5-9(10(12)19-8)20(13,16)17/h5,7H,3-4,6H2,1-2H3,(H,14,15). The molecule has 0 aliphatic rings. The summed E-state index contributed by atoms with van der Waals surface area (Å²) in [5, 5.41) is 2.71. The zero-order valence-electron chi connectivity index (χ0n) is 11.0. The lowest BCUT2D eigenvalue weighted by Crippen LogP contribution is -2.37. The molecule has 0 saturated carbocycles. The molecule has 1 heterocycles. The molecule has 1 rings (SSSR count). The first-order valence-corrected chi connectivity index (χ1v) is 8.93. The van der Waals surface area contributed by atoms with Gasteiger partial charge in [-0.25, -0.2) is 8.42 Å². The van der Waals surface area contributed by atoms with Crippen molar-refractivity contribution < 1.29 is 22.4 Å². The lowest BCUT2D eigenvalue weighted by molar-refractivity contribution is 0.0863. The van der Waals surface area contributed by atoms with Crippen LogP contribution in [0.1, 0.15) is 30.3 Å². The molecule has 1 amide bonds. The second kappa shape index (κ2) is 7.44. The Morgan fingerprint density at radius 3 is 2.70 bits per heavy atom. The van der Waals surface area contributed by atoms with Crippen molar-refractivity contribution in [1.82, 2.24) is 5.32 Å². The zero-order valence-corrected chi connectivity index (χ0v) is 14.1. The monoisotopic (exact) mass is 387 g/mol. The Kier molecular flexibility index (Phi) is 6.50. The predicted octanol–water partition coefficient (Wildman–Crippen LogP) is 2.51. The Morgan fingerprint density at radius 1 is 1.60 bits per heavy atom. The van der Waals surface area contributed by atoms with Crippen molar-refractivity contribution >= 4 is 41.6 Å². The normalized spacial score (nSPS) is 13.2. The Morgan fingerprint density at radius 2 is 2.25 bits per heavy atom.